The average Bonchev–Trinajstić information content (AvgIpc) is 2.89. The Morgan fingerprint density at radius 3 is 3.19 bits per heavy atom. The summed E-state index contributed by atoms with van der Waals surface area (Å²) in [4.78, 5) is 7.97. The van der Waals surface area contributed by atoms with Crippen LogP contribution in [0.2, 0.25) is 0 Å². The van der Waals surface area contributed by atoms with Crippen LogP contribution in [-0.4, -0.2) is 23.4 Å². The van der Waals surface area contributed by atoms with E-state index < -0.39 is 0 Å². The van der Waals surface area contributed by atoms with E-state index in [-0.39, 0.29) is 0 Å². The van der Waals surface area contributed by atoms with Gasteiger partial charge < -0.3 is 10.6 Å². The van der Waals surface area contributed by atoms with E-state index in [1.54, 1.807) is 11.3 Å². The Morgan fingerprint density at radius 2 is 2.50 bits per heavy atom. The van der Waals surface area contributed by atoms with Gasteiger partial charge >= 0.3 is 0 Å². The van der Waals surface area contributed by atoms with Crippen molar-refractivity contribution in [2.24, 2.45) is 10.7 Å². The fourth-order valence-corrected chi connectivity index (χ4v) is 2.75. The molecule has 2 rings (SSSR count). The largest absolute Gasteiger partial charge is 0.370 e. The van der Waals surface area contributed by atoms with E-state index in [0.717, 1.165) is 19.0 Å². The highest BCUT2D eigenvalue weighted by atomic mass is 32.1. The first-order valence-corrected chi connectivity index (χ1v) is 6.78. The molecule has 0 spiro atoms. The zero-order valence-corrected chi connectivity index (χ0v) is 10.5. The maximum absolute atomic E-state index is 5.94. The summed E-state index contributed by atoms with van der Waals surface area (Å²) in [7, 11) is 0. The van der Waals surface area contributed by atoms with Crippen LogP contribution >= 0.6 is 11.3 Å². The quantitative estimate of drug-likeness (QED) is 0.854. The normalized spacial score (nSPS) is 20.2. The lowest BCUT2D eigenvalue weighted by Crippen LogP contribution is -2.39. The fraction of sp³-hybridized carbons (Fsp3) is 0.583. The van der Waals surface area contributed by atoms with Crippen molar-refractivity contribution in [3.05, 3.63) is 22.4 Å². The van der Waals surface area contributed by atoms with Gasteiger partial charge in [0.25, 0.3) is 0 Å². The highest BCUT2D eigenvalue weighted by Gasteiger charge is 2.25. The van der Waals surface area contributed by atoms with Crippen molar-refractivity contribution in [1.29, 1.82) is 0 Å². The van der Waals surface area contributed by atoms with Gasteiger partial charge in [0.2, 0.25) is 0 Å². The highest BCUT2D eigenvalue weighted by molar-refractivity contribution is 7.09. The Hall–Kier alpha value is -1.03. The summed E-state index contributed by atoms with van der Waals surface area (Å²) in [5.74, 6) is 0.717. The second-order valence-electron chi connectivity index (χ2n) is 4.20. The van der Waals surface area contributed by atoms with E-state index in [4.69, 9.17) is 5.73 Å². The molecule has 16 heavy (non-hydrogen) atoms. The van der Waals surface area contributed by atoms with Gasteiger partial charge in [0, 0.05) is 4.88 Å². The summed E-state index contributed by atoms with van der Waals surface area (Å²) < 4.78 is 0. The molecule has 0 amide bonds. The molecule has 2 heterocycles. The molecular weight excluding hydrogens is 218 g/mol. The molecule has 2 N–H and O–H groups in total. The minimum absolute atomic E-state index is 0.516. The number of nitrogens with zero attached hydrogens (tertiary/aromatic N) is 2. The molecular formula is C12H19N3S. The Morgan fingerprint density at radius 1 is 1.62 bits per heavy atom. The molecule has 0 aromatic carbocycles. The number of hydrogen-bond acceptors (Lipinski definition) is 4. The van der Waals surface area contributed by atoms with Crippen molar-refractivity contribution in [3.63, 3.8) is 0 Å². The number of rotatable bonds is 5. The zero-order chi connectivity index (χ0) is 11.4. The molecule has 1 aromatic rings. The van der Waals surface area contributed by atoms with Crippen molar-refractivity contribution in [2.45, 2.75) is 38.8 Å². The van der Waals surface area contributed by atoms with Gasteiger partial charge in [0.1, 0.15) is 0 Å². The molecule has 1 aromatic heterocycles. The molecule has 1 atom stereocenters. The molecule has 1 aliphatic rings. The molecule has 0 saturated heterocycles. The van der Waals surface area contributed by atoms with Gasteiger partial charge in [-0.15, -0.1) is 11.3 Å². The number of nitrogens with two attached hydrogens (primary N) is 1. The number of hydrogen-bond donors (Lipinski definition) is 1. The third kappa shape index (κ3) is 2.55. The Kier molecular flexibility index (Phi) is 3.83. The van der Waals surface area contributed by atoms with Gasteiger partial charge in [0.05, 0.1) is 19.1 Å². The van der Waals surface area contributed by atoms with Gasteiger partial charge in [0.15, 0.2) is 5.96 Å². The lowest BCUT2D eigenvalue weighted by Gasteiger charge is -2.25. The van der Waals surface area contributed by atoms with Gasteiger partial charge in [-0.1, -0.05) is 25.8 Å². The van der Waals surface area contributed by atoms with Crippen LogP contribution < -0.4 is 5.73 Å². The Bertz CT molecular complexity index is 345. The number of thiophene rings is 1. The summed E-state index contributed by atoms with van der Waals surface area (Å²) in [6.45, 7) is 4.02. The monoisotopic (exact) mass is 237 g/mol. The first-order valence-electron chi connectivity index (χ1n) is 5.90. The molecule has 4 heteroatoms. The third-order valence-corrected chi connectivity index (χ3v) is 3.86. The van der Waals surface area contributed by atoms with Crippen LogP contribution in [0, 0.1) is 0 Å². The topological polar surface area (TPSA) is 41.6 Å². The van der Waals surface area contributed by atoms with Crippen molar-refractivity contribution < 1.29 is 0 Å². The molecule has 0 radical (unpaired) electrons. The Labute approximate surface area is 101 Å². The minimum Gasteiger partial charge on any atom is -0.370 e. The first kappa shape index (κ1) is 11.5. The fourth-order valence-electron chi connectivity index (χ4n) is 2.04. The summed E-state index contributed by atoms with van der Waals surface area (Å²) in [5, 5.41) is 2.11. The van der Waals surface area contributed by atoms with Gasteiger partial charge in [-0.25, -0.2) is 0 Å². The smallest absolute Gasteiger partial charge is 0.191 e. The Balaban J connectivity index is 1.96. The molecule has 0 fully saturated rings. The molecule has 0 saturated carbocycles. The predicted octanol–water partition coefficient (Wildman–Crippen LogP) is 2.44. The van der Waals surface area contributed by atoms with Crippen LogP contribution in [0.4, 0.5) is 0 Å². The second kappa shape index (κ2) is 5.34. The summed E-state index contributed by atoms with van der Waals surface area (Å²) in [5.41, 5.74) is 5.94. The number of aliphatic imine (C=N–C) groups is 1. The van der Waals surface area contributed by atoms with Gasteiger partial charge in [-0.3, -0.25) is 4.99 Å². The van der Waals surface area contributed by atoms with Crippen molar-refractivity contribution in [3.8, 4) is 0 Å². The van der Waals surface area contributed by atoms with Crippen molar-refractivity contribution in [1.82, 2.24) is 4.90 Å². The van der Waals surface area contributed by atoms with Crippen LogP contribution in [0.3, 0.4) is 0 Å². The second-order valence-corrected chi connectivity index (χ2v) is 5.23. The van der Waals surface area contributed by atoms with Gasteiger partial charge in [-0.05, 0) is 17.9 Å². The first-order chi connectivity index (χ1) is 7.81. The maximum Gasteiger partial charge on any atom is 0.191 e. The van der Waals surface area contributed by atoms with Crippen LogP contribution in [0.15, 0.2) is 22.5 Å². The predicted molar refractivity (Wildman–Crippen MR) is 69.7 cm³/mol. The third-order valence-electron chi connectivity index (χ3n) is 3.00. The molecule has 1 aliphatic heterocycles. The molecule has 88 valence electrons. The highest BCUT2D eigenvalue weighted by Crippen LogP contribution is 2.20. The lowest BCUT2D eigenvalue weighted by atomic mass is 10.1. The molecule has 0 aliphatic carbocycles. The zero-order valence-electron chi connectivity index (χ0n) is 9.72. The molecule has 0 bridgehead atoms. The van der Waals surface area contributed by atoms with E-state index in [1.165, 1.54) is 24.1 Å². The average molecular weight is 237 g/mol. The van der Waals surface area contributed by atoms with Gasteiger partial charge in [-0.2, -0.15) is 0 Å². The maximum atomic E-state index is 5.94. The van der Waals surface area contributed by atoms with Crippen LogP contribution in [-0.2, 0) is 6.54 Å². The number of guanidine groups is 1. The van der Waals surface area contributed by atoms with Crippen LogP contribution in [0.25, 0.3) is 0 Å². The van der Waals surface area contributed by atoms with Crippen molar-refractivity contribution >= 4 is 17.3 Å². The lowest BCUT2D eigenvalue weighted by molar-refractivity contribution is 0.313. The van der Waals surface area contributed by atoms with E-state index in [0.29, 0.717) is 6.04 Å². The van der Waals surface area contributed by atoms with E-state index >= 15 is 0 Å². The van der Waals surface area contributed by atoms with E-state index in [2.05, 4.69) is 34.3 Å². The van der Waals surface area contributed by atoms with Crippen molar-refractivity contribution in [2.75, 3.05) is 6.54 Å². The van der Waals surface area contributed by atoms with E-state index in [1.807, 2.05) is 0 Å². The summed E-state index contributed by atoms with van der Waals surface area (Å²) in [6.07, 6.45) is 3.70. The molecule has 3 nitrogen and oxygen atoms in total. The minimum atomic E-state index is 0.516. The molecule has 1 unspecified atom stereocenters. The summed E-state index contributed by atoms with van der Waals surface area (Å²) >= 11 is 1.79. The number of unbranched alkanes of at least 4 members (excludes halogenated alkanes) is 1. The standard InChI is InChI=1S/C12H19N3S/c1-2-3-5-10-8-14-12(13)15(10)9-11-6-4-7-16-11/h4,6-7,10H,2-3,5,8-9H2,1H3,(H2,13,14). The summed E-state index contributed by atoms with van der Waals surface area (Å²) in [6, 6.07) is 4.76. The van der Waals surface area contributed by atoms with E-state index in [9.17, 15) is 0 Å². The van der Waals surface area contributed by atoms with Crippen LogP contribution in [0.5, 0.6) is 0 Å². The van der Waals surface area contributed by atoms with Crippen LogP contribution in [0.1, 0.15) is 31.1 Å². The SMILES string of the molecule is CCCCC1CN=C(N)N1Cc1cccs1.